The maximum Gasteiger partial charge on any atom is 0.155 e. The molecule has 0 saturated carbocycles. The first-order chi connectivity index (χ1) is 8.31. The zero-order chi connectivity index (χ0) is 12.8. The Morgan fingerprint density at radius 2 is 1.59 bits per heavy atom. The summed E-state index contributed by atoms with van der Waals surface area (Å²) >= 11 is 0. The van der Waals surface area contributed by atoms with Crippen molar-refractivity contribution in [3.8, 4) is 0 Å². The van der Waals surface area contributed by atoms with Gasteiger partial charge in [-0.2, -0.15) is 0 Å². The van der Waals surface area contributed by atoms with Crippen LogP contribution >= 0.6 is 0 Å². The zero-order valence-electron chi connectivity index (χ0n) is 11.6. The number of unbranched alkanes of at least 4 members (excludes halogenated alkanes) is 6. The van der Waals surface area contributed by atoms with Crippen LogP contribution in [0.4, 0.5) is 0 Å². The van der Waals surface area contributed by atoms with E-state index >= 15 is 0 Å². The van der Waals surface area contributed by atoms with Gasteiger partial charge in [-0.05, 0) is 25.3 Å². The highest BCUT2D eigenvalue weighted by molar-refractivity contribution is 5.89. The van der Waals surface area contributed by atoms with Gasteiger partial charge < -0.3 is 0 Å². The molecule has 0 aliphatic heterocycles. The molecule has 0 atom stereocenters. The van der Waals surface area contributed by atoms with E-state index in [0.29, 0.717) is 6.42 Å². The minimum atomic E-state index is 0.258. The first kappa shape index (κ1) is 16.1. The highest BCUT2D eigenvalue weighted by atomic mass is 16.1. The summed E-state index contributed by atoms with van der Waals surface area (Å²) in [5.41, 5.74) is 0. The number of carbonyl (C=O) groups excluding carboxylic acids is 1. The van der Waals surface area contributed by atoms with Crippen molar-refractivity contribution in [2.24, 2.45) is 0 Å². The van der Waals surface area contributed by atoms with Crippen LogP contribution in [0.3, 0.4) is 0 Å². The Balaban J connectivity index is 3.44. The fourth-order valence-electron chi connectivity index (χ4n) is 1.66. The zero-order valence-corrected chi connectivity index (χ0v) is 11.6. The van der Waals surface area contributed by atoms with Crippen molar-refractivity contribution >= 4 is 5.78 Å². The lowest BCUT2D eigenvalue weighted by molar-refractivity contribution is -0.114. The lowest BCUT2D eigenvalue weighted by Gasteiger charge is -1.94. The van der Waals surface area contributed by atoms with Crippen LogP contribution in [0.5, 0.6) is 0 Å². The van der Waals surface area contributed by atoms with Crippen LogP contribution in [0.15, 0.2) is 24.3 Å². The molecule has 0 fully saturated rings. The Bertz CT molecular complexity index is 226. The molecule has 1 heteroatoms. The standard InChI is InChI=1S/C16H28O/c1-3-5-7-8-9-10-11-13-15-16(17)14-12-6-4-2/h10-11,13,15H,3-9,12,14H2,1-2H3/b11-10+,15-13+. The highest BCUT2D eigenvalue weighted by Crippen LogP contribution is 2.03. The van der Waals surface area contributed by atoms with E-state index in [4.69, 9.17) is 0 Å². The maximum atomic E-state index is 11.4. The van der Waals surface area contributed by atoms with E-state index in [1.807, 2.05) is 12.2 Å². The molecule has 0 aromatic carbocycles. The van der Waals surface area contributed by atoms with Gasteiger partial charge in [-0.25, -0.2) is 0 Å². The van der Waals surface area contributed by atoms with Gasteiger partial charge in [0, 0.05) is 6.42 Å². The van der Waals surface area contributed by atoms with Crippen LogP contribution in [0.1, 0.15) is 71.6 Å². The van der Waals surface area contributed by atoms with E-state index in [2.05, 4.69) is 19.9 Å². The van der Waals surface area contributed by atoms with Gasteiger partial charge in [0.25, 0.3) is 0 Å². The minimum Gasteiger partial charge on any atom is -0.295 e. The Morgan fingerprint density at radius 1 is 0.882 bits per heavy atom. The molecule has 17 heavy (non-hydrogen) atoms. The van der Waals surface area contributed by atoms with Gasteiger partial charge in [-0.15, -0.1) is 0 Å². The van der Waals surface area contributed by atoms with Crippen LogP contribution in [0.25, 0.3) is 0 Å². The average molecular weight is 236 g/mol. The quantitative estimate of drug-likeness (QED) is 0.273. The summed E-state index contributed by atoms with van der Waals surface area (Å²) < 4.78 is 0. The van der Waals surface area contributed by atoms with Gasteiger partial charge in [-0.1, -0.05) is 64.2 Å². The average Bonchev–Trinajstić information content (AvgIpc) is 2.33. The lowest BCUT2D eigenvalue weighted by Crippen LogP contribution is -1.91. The Labute approximate surface area is 107 Å². The maximum absolute atomic E-state index is 11.4. The van der Waals surface area contributed by atoms with Crippen molar-refractivity contribution in [1.82, 2.24) is 0 Å². The molecule has 0 bridgehead atoms. The molecule has 1 nitrogen and oxygen atoms in total. The number of hydrogen-bond donors (Lipinski definition) is 0. The van der Waals surface area contributed by atoms with Gasteiger partial charge >= 0.3 is 0 Å². The van der Waals surface area contributed by atoms with Crippen molar-refractivity contribution in [2.45, 2.75) is 71.6 Å². The Morgan fingerprint density at radius 3 is 2.29 bits per heavy atom. The molecular weight excluding hydrogens is 208 g/mol. The van der Waals surface area contributed by atoms with E-state index in [9.17, 15) is 4.79 Å². The van der Waals surface area contributed by atoms with Crippen LogP contribution in [-0.4, -0.2) is 5.78 Å². The molecule has 0 heterocycles. The minimum absolute atomic E-state index is 0.258. The Hall–Kier alpha value is -0.850. The topological polar surface area (TPSA) is 17.1 Å². The van der Waals surface area contributed by atoms with Crippen LogP contribution in [0.2, 0.25) is 0 Å². The molecule has 0 N–H and O–H groups in total. The molecule has 0 aliphatic rings. The number of hydrogen-bond acceptors (Lipinski definition) is 1. The van der Waals surface area contributed by atoms with E-state index in [1.54, 1.807) is 6.08 Å². The molecule has 0 unspecified atom stereocenters. The van der Waals surface area contributed by atoms with Gasteiger partial charge in [-0.3, -0.25) is 4.79 Å². The summed E-state index contributed by atoms with van der Waals surface area (Å²) in [7, 11) is 0. The number of rotatable bonds is 11. The van der Waals surface area contributed by atoms with Crippen LogP contribution in [0, 0.1) is 0 Å². The summed E-state index contributed by atoms with van der Waals surface area (Å²) in [6, 6.07) is 0. The third-order valence-electron chi connectivity index (χ3n) is 2.78. The molecule has 0 saturated heterocycles. The second-order valence-corrected chi connectivity index (χ2v) is 4.56. The van der Waals surface area contributed by atoms with Gasteiger partial charge in [0.05, 0.1) is 0 Å². The van der Waals surface area contributed by atoms with E-state index in [-0.39, 0.29) is 5.78 Å². The molecule has 0 amide bonds. The summed E-state index contributed by atoms with van der Waals surface area (Å²) in [5.74, 6) is 0.258. The molecule has 0 aromatic rings. The third kappa shape index (κ3) is 13.1. The molecule has 0 aliphatic carbocycles. The molecule has 0 spiro atoms. The van der Waals surface area contributed by atoms with Crippen molar-refractivity contribution in [3.05, 3.63) is 24.3 Å². The summed E-state index contributed by atoms with van der Waals surface area (Å²) in [5, 5.41) is 0. The smallest absolute Gasteiger partial charge is 0.155 e. The Kier molecular flexibility index (Phi) is 12.6. The number of ketones is 1. The van der Waals surface area contributed by atoms with Gasteiger partial charge in [0.2, 0.25) is 0 Å². The number of allylic oxidation sites excluding steroid dienone is 4. The van der Waals surface area contributed by atoms with Crippen molar-refractivity contribution < 1.29 is 4.79 Å². The second-order valence-electron chi connectivity index (χ2n) is 4.56. The first-order valence-electron chi connectivity index (χ1n) is 7.17. The summed E-state index contributed by atoms with van der Waals surface area (Å²) in [6.45, 7) is 4.38. The summed E-state index contributed by atoms with van der Waals surface area (Å²) in [4.78, 5) is 11.4. The summed E-state index contributed by atoms with van der Waals surface area (Å²) in [6.07, 6.45) is 18.2. The normalized spacial score (nSPS) is 11.6. The molecule has 0 rings (SSSR count). The monoisotopic (exact) mass is 236 g/mol. The van der Waals surface area contributed by atoms with Crippen molar-refractivity contribution in [3.63, 3.8) is 0 Å². The van der Waals surface area contributed by atoms with Crippen LogP contribution in [-0.2, 0) is 4.79 Å². The largest absolute Gasteiger partial charge is 0.295 e. The van der Waals surface area contributed by atoms with Crippen LogP contribution < -0.4 is 0 Å². The highest BCUT2D eigenvalue weighted by Gasteiger charge is 1.94. The second kappa shape index (κ2) is 13.2. The lowest BCUT2D eigenvalue weighted by atomic mass is 10.1. The number of carbonyl (C=O) groups is 1. The predicted molar refractivity (Wildman–Crippen MR) is 76.2 cm³/mol. The third-order valence-corrected chi connectivity index (χ3v) is 2.78. The molecule has 0 radical (unpaired) electrons. The van der Waals surface area contributed by atoms with Gasteiger partial charge in [0.15, 0.2) is 5.78 Å². The van der Waals surface area contributed by atoms with E-state index in [0.717, 1.165) is 19.3 Å². The molecule has 0 aromatic heterocycles. The SMILES string of the molecule is CCCCCC/C=C/C=C/C(=O)CCCCC. The van der Waals surface area contributed by atoms with Crippen molar-refractivity contribution in [2.75, 3.05) is 0 Å². The fourth-order valence-corrected chi connectivity index (χ4v) is 1.66. The van der Waals surface area contributed by atoms with Crippen molar-refractivity contribution in [1.29, 1.82) is 0 Å². The molecular formula is C16H28O. The van der Waals surface area contributed by atoms with E-state index in [1.165, 1.54) is 32.1 Å². The predicted octanol–water partition coefficient (Wildman–Crippen LogP) is 5.22. The first-order valence-corrected chi connectivity index (χ1v) is 7.17. The molecule has 98 valence electrons. The van der Waals surface area contributed by atoms with E-state index < -0.39 is 0 Å². The van der Waals surface area contributed by atoms with Gasteiger partial charge in [0.1, 0.15) is 0 Å². The fraction of sp³-hybridized carbons (Fsp3) is 0.688.